The zero-order chi connectivity index (χ0) is 13.6. The molecule has 0 aliphatic heterocycles. The average molecular weight is 270 g/mol. The first-order valence-electron chi connectivity index (χ1n) is 5.07. The summed E-state index contributed by atoms with van der Waals surface area (Å²) in [5.74, 6) is 0. The van der Waals surface area contributed by atoms with Crippen molar-refractivity contribution < 1.29 is 18.3 Å². The maximum Gasteiger partial charge on any atom is 0.332 e. The van der Waals surface area contributed by atoms with Gasteiger partial charge in [0.05, 0.1) is 12.9 Å². The molecule has 0 spiro atoms. The van der Waals surface area contributed by atoms with E-state index in [9.17, 15) is 13.2 Å². The van der Waals surface area contributed by atoms with Crippen LogP contribution in [-0.2, 0) is 10.0 Å². The van der Waals surface area contributed by atoms with E-state index in [-0.39, 0.29) is 6.61 Å². The second-order valence-corrected chi connectivity index (χ2v) is 5.29. The third-order valence-corrected chi connectivity index (χ3v) is 2.39. The molecule has 7 heteroatoms. The highest BCUT2D eigenvalue weighted by molar-refractivity contribution is 7.89. The number of carbonyl (C=O) groups is 1. The van der Waals surface area contributed by atoms with Crippen molar-refractivity contribution >= 4 is 27.8 Å². The number of nitrogens with one attached hydrogen (secondary N) is 2. The van der Waals surface area contributed by atoms with Crippen molar-refractivity contribution in [3.63, 3.8) is 0 Å². The number of anilines is 1. The van der Waals surface area contributed by atoms with Gasteiger partial charge in [-0.05, 0) is 17.7 Å². The molecule has 0 aromatic heterocycles. The Bertz CT molecular complexity index is 552. The van der Waals surface area contributed by atoms with Gasteiger partial charge in [0.25, 0.3) is 0 Å². The molecule has 0 fully saturated rings. The predicted molar refractivity (Wildman–Crippen MR) is 69.6 cm³/mol. The highest BCUT2D eigenvalue weighted by Crippen LogP contribution is 2.11. The number of carbonyl (C=O) groups excluding carboxylic acids is 1. The van der Waals surface area contributed by atoms with Gasteiger partial charge in [-0.1, -0.05) is 24.3 Å². The zero-order valence-corrected chi connectivity index (χ0v) is 10.6. The van der Waals surface area contributed by atoms with Gasteiger partial charge in [0, 0.05) is 5.69 Å². The quantitative estimate of drug-likeness (QED) is 0.753. The van der Waals surface area contributed by atoms with Crippen molar-refractivity contribution in [1.82, 2.24) is 4.72 Å². The Morgan fingerprint density at radius 3 is 2.78 bits per heavy atom. The Morgan fingerprint density at radius 1 is 1.44 bits per heavy atom. The Hall–Kier alpha value is -1.86. The Morgan fingerprint density at radius 2 is 2.17 bits per heavy atom. The van der Waals surface area contributed by atoms with E-state index in [1.165, 1.54) is 0 Å². The topological polar surface area (TPSA) is 95.5 Å². The third-order valence-electron chi connectivity index (χ3n) is 1.84. The lowest BCUT2D eigenvalue weighted by Gasteiger charge is -2.06. The van der Waals surface area contributed by atoms with Crippen LogP contribution in [0.4, 0.5) is 10.5 Å². The molecule has 0 aliphatic rings. The van der Waals surface area contributed by atoms with E-state index in [2.05, 4.69) is 5.32 Å². The fourth-order valence-electron chi connectivity index (χ4n) is 1.23. The van der Waals surface area contributed by atoms with Crippen LogP contribution in [0.1, 0.15) is 5.56 Å². The summed E-state index contributed by atoms with van der Waals surface area (Å²) in [6.07, 6.45) is 4.13. The van der Waals surface area contributed by atoms with Gasteiger partial charge in [-0.3, -0.25) is 0 Å². The number of urea groups is 1. The molecule has 18 heavy (non-hydrogen) atoms. The van der Waals surface area contributed by atoms with Gasteiger partial charge in [-0.25, -0.2) is 17.9 Å². The summed E-state index contributed by atoms with van der Waals surface area (Å²) in [4.78, 5) is 11.3. The van der Waals surface area contributed by atoms with E-state index in [0.29, 0.717) is 5.69 Å². The molecule has 0 unspecified atom stereocenters. The number of aliphatic hydroxyl groups is 1. The van der Waals surface area contributed by atoms with Gasteiger partial charge in [0.1, 0.15) is 0 Å². The molecule has 3 N–H and O–H groups in total. The predicted octanol–water partition coefficient (Wildman–Crippen LogP) is 0.773. The molecular weight excluding hydrogens is 256 g/mol. The van der Waals surface area contributed by atoms with Crippen LogP contribution in [-0.4, -0.2) is 32.4 Å². The fourth-order valence-corrected chi connectivity index (χ4v) is 1.62. The molecule has 1 aromatic rings. The summed E-state index contributed by atoms with van der Waals surface area (Å²) in [5.41, 5.74) is 1.23. The number of hydrogen-bond acceptors (Lipinski definition) is 4. The third kappa shape index (κ3) is 5.46. The number of benzene rings is 1. The summed E-state index contributed by atoms with van der Waals surface area (Å²) >= 11 is 0. The maximum absolute atomic E-state index is 11.3. The number of sulfonamides is 1. The Balaban J connectivity index is 2.73. The van der Waals surface area contributed by atoms with E-state index in [4.69, 9.17) is 5.11 Å². The normalized spacial score (nSPS) is 11.4. The monoisotopic (exact) mass is 270 g/mol. The number of rotatable bonds is 4. The standard InChI is InChI=1S/C11H14N2O4S/c1-18(16,17)13-11(15)12-10-6-2-4-9(8-10)5-3-7-14/h2-6,8,14H,7H2,1H3,(H2,12,13,15). The van der Waals surface area contributed by atoms with Crippen LogP contribution >= 0.6 is 0 Å². The van der Waals surface area contributed by atoms with Gasteiger partial charge in [0.2, 0.25) is 10.0 Å². The lowest BCUT2D eigenvalue weighted by atomic mass is 10.2. The average Bonchev–Trinajstić information content (AvgIpc) is 2.24. The van der Waals surface area contributed by atoms with Crippen LogP contribution in [0.15, 0.2) is 30.3 Å². The molecule has 6 nitrogen and oxygen atoms in total. The van der Waals surface area contributed by atoms with Crippen LogP contribution < -0.4 is 10.0 Å². The zero-order valence-electron chi connectivity index (χ0n) is 9.75. The van der Waals surface area contributed by atoms with Crippen LogP contribution in [0.5, 0.6) is 0 Å². The molecule has 1 aromatic carbocycles. The maximum atomic E-state index is 11.3. The van der Waals surface area contributed by atoms with Crippen LogP contribution in [0.3, 0.4) is 0 Å². The van der Waals surface area contributed by atoms with Crippen LogP contribution in [0.25, 0.3) is 6.08 Å². The highest BCUT2D eigenvalue weighted by Gasteiger charge is 2.07. The van der Waals surface area contributed by atoms with Gasteiger partial charge in [-0.15, -0.1) is 0 Å². The second kappa shape index (κ2) is 6.18. The smallest absolute Gasteiger partial charge is 0.332 e. The van der Waals surface area contributed by atoms with E-state index in [1.54, 1.807) is 41.1 Å². The van der Waals surface area contributed by atoms with Crippen molar-refractivity contribution in [2.45, 2.75) is 0 Å². The van der Waals surface area contributed by atoms with Crippen LogP contribution in [0.2, 0.25) is 0 Å². The lowest BCUT2D eigenvalue weighted by molar-refractivity contribution is 0.256. The summed E-state index contributed by atoms with van der Waals surface area (Å²) in [6, 6.07) is 5.94. The molecule has 0 bridgehead atoms. The minimum atomic E-state index is -3.58. The molecule has 0 atom stereocenters. The van der Waals surface area contributed by atoms with Gasteiger partial charge in [-0.2, -0.15) is 0 Å². The molecule has 0 saturated heterocycles. The van der Waals surface area contributed by atoms with E-state index in [1.807, 2.05) is 0 Å². The highest BCUT2D eigenvalue weighted by atomic mass is 32.2. The van der Waals surface area contributed by atoms with Gasteiger partial charge in [0.15, 0.2) is 0 Å². The Kier molecular flexibility index (Phi) is 4.87. The van der Waals surface area contributed by atoms with Crippen molar-refractivity contribution in [2.75, 3.05) is 18.2 Å². The summed E-state index contributed by atoms with van der Waals surface area (Å²) in [7, 11) is -3.58. The number of amides is 2. The first kappa shape index (κ1) is 14.2. The first-order valence-corrected chi connectivity index (χ1v) is 6.96. The summed E-state index contributed by atoms with van der Waals surface area (Å²) < 4.78 is 23.5. The summed E-state index contributed by atoms with van der Waals surface area (Å²) in [6.45, 7) is -0.0772. The van der Waals surface area contributed by atoms with Gasteiger partial charge >= 0.3 is 6.03 Å². The van der Waals surface area contributed by atoms with E-state index in [0.717, 1.165) is 11.8 Å². The molecule has 2 amide bonds. The molecular formula is C11H14N2O4S. The van der Waals surface area contributed by atoms with Crippen molar-refractivity contribution in [3.8, 4) is 0 Å². The minimum absolute atomic E-state index is 0.0772. The van der Waals surface area contributed by atoms with Gasteiger partial charge < -0.3 is 10.4 Å². The molecule has 0 saturated carbocycles. The van der Waals surface area contributed by atoms with E-state index < -0.39 is 16.1 Å². The fraction of sp³-hybridized carbons (Fsp3) is 0.182. The molecule has 0 aliphatic carbocycles. The number of hydrogen-bond donors (Lipinski definition) is 3. The van der Waals surface area contributed by atoms with Crippen LogP contribution in [0, 0.1) is 0 Å². The van der Waals surface area contributed by atoms with Crippen molar-refractivity contribution in [2.24, 2.45) is 0 Å². The second-order valence-electron chi connectivity index (χ2n) is 3.54. The molecule has 0 radical (unpaired) electrons. The Labute approximate surface area is 105 Å². The SMILES string of the molecule is CS(=O)(=O)NC(=O)Nc1cccc(C=CCO)c1. The minimum Gasteiger partial charge on any atom is -0.392 e. The van der Waals surface area contributed by atoms with E-state index >= 15 is 0 Å². The molecule has 1 rings (SSSR count). The molecule has 98 valence electrons. The van der Waals surface area contributed by atoms with Crippen molar-refractivity contribution in [3.05, 3.63) is 35.9 Å². The van der Waals surface area contributed by atoms with Crippen molar-refractivity contribution in [1.29, 1.82) is 0 Å². The number of aliphatic hydroxyl groups excluding tert-OH is 1. The summed E-state index contributed by atoms with van der Waals surface area (Å²) in [5, 5.41) is 11.0. The largest absolute Gasteiger partial charge is 0.392 e. The first-order chi connectivity index (χ1) is 8.40. The lowest BCUT2D eigenvalue weighted by Crippen LogP contribution is -2.33. The molecule has 0 heterocycles.